The molecular formula is C33H59N7+2. The normalized spacial score (nSPS) is 25.2. The topological polar surface area (TPSA) is 22.0 Å². The molecule has 6 rings (SSSR count). The second kappa shape index (κ2) is 14.5. The lowest BCUT2D eigenvalue weighted by Crippen LogP contribution is -2.48. The lowest BCUT2D eigenvalue weighted by molar-refractivity contribution is -0.537. The molecule has 0 bridgehead atoms. The monoisotopic (exact) mass is 553 g/mol. The zero-order valence-corrected chi connectivity index (χ0v) is 25.7. The maximum atomic E-state index is 2.85. The molecule has 0 unspecified atom stereocenters. The Hall–Kier alpha value is -1.60. The van der Waals surface area contributed by atoms with Crippen LogP contribution in [0.2, 0.25) is 0 Å². The van der Waals surface area contributed by atoms with Crippen LogP contribution in [0.1, 0.15) is 96.3 Å². The second-order valence-corrected chi connectivity index (χ2v) is 13.3. The highest BCUT2D eigenvalue weighted by Crippen LogP contribution is 2.26. The van der Waals surface area contributed by atoms with E-state index in [4.69, 9.17) is 0 Å². The Morgan fingerprint density at radius 3 is 1.85 bits per heavy atom. The molecule has 0 atom stereocenters. The van der Waals surface area contributed by atoms with Gasteiger partial charge in [0.05, 0.1) is 65.1 Å². The quantitative estimate of drug-likeness (QED) is 0.322. The zero-order chi connectivity index (χ0) is 27.0. The summed E-state index contributed by atoms with van der Waals surface area (Å²) in [5.41, 5.74) is 0. The fourth-order valence-corrected chi connectivity index (χ4v) is 8.30. The van der Waals surface area contributed by atoms with Gasteiger partial charge in [-0.1, -0.05) is 6.42 Å². The lowest BCUT2D eigenvalue weighted by atomic mass is 10.1. The summed E-state index contributed by atoms with van der Waals surface area (Å²) in [6.45, 7) is 17.4. The molecule has 7 nitrogen and oxygen atoms in total. The van der Waals surface area contributed by atoms with E-state index < -0.39 is 0 Å². The molecule has 40 heavy (non-hydrogen) atoms. The molecule has 224 valence electrons. The summed E-state index contributed by atoms with van der Waals surface area (Å²) in [4.78, 5) is 11.2. The van der Waals surface area contributed by atoms with E-state index in [1.807, 2.05) is 0 Å². The van der Waals surface area contributed by atoms with Crippen molar-refractivity contribution in [2.45, 2.75) is 96.3 Å². The highest BCUT2D eigenvalue weighted by atomic mass is 15.3. The van der Waals surface area contributed by atoms with E-state index in [0.717, 1.165) is 6.54 Å². The van der Waals surface area contributed by atoms with Crippen LogP contribution in [0.25, 0.3) is 0 Å². The van der Waals surface area contributed by atoms with Gasteiger partial charge < -0.3 is 9.48 Å². The van der Waals surface area contributed by atoms with Gasteiger partial charge in [0.25, 0.3) is 0 Å². The fourth-order valence-electron chi connectivity index (χ4n) is 8.30. The predicted octanol–water partition coefficient (Wildman–Crippen LogP) is 3.52. The molecule has 1 saturated heterocycles. The van der Waals surface area contributed by atoms with Crippen molar-refractivity contribution in [2.75, 3.05) is 91.6 Å². The van der Waals surface area contributed by atoms with Crippen molar-refractivity contribution in [3.05, 3.63) is 6.17 Å². The Balaban J connectivity index is 1.13. The number of hydrogen-bond donors (Lipinski definition) is 0. The van der Waals surface area contributed by atoms with Crippen LogP contribution in [-0.4, -0.2) is 143 Å². The average Bonchev–Trinajstić information content (AvgIpc) is 3.43. The third kappa shape index (κ3) is 7.24. The summed E-state index contributed by atoms with van der Waals surface area (Å²) in [6.07, 6.45) is 24.4. The third-order valence-electron chi connectivity index (χ3n) is 10.6. The first kappa shape index (κ1) is 28.5. The Kier molecular flexibility index (Phi) is 10.4. The fraction of sp³-hybridized carbons (Fsp3) is 0.879. The van der Waals surface area contributed by atoms with Gasteiger partial charge in [0.1, 0.15) is 6.54 Å². The van der Waals surface area contributed by atoms with Crippen molar-refractivity contribution in [3.63, 3.8) is 0 Å². The highest BCUT2D eigenvalue weighted by Gasteiger charge is 2.31. The molecule has 0 amide bonds. The molecule has 6 heterocycles. The van der Waals surface area contributed by atoms with Gasteiger partial charge >= 0.3 is 0 Å². The van der Waals surface area contributed by atoms with E-state index in [2.05, 4.69) is 39.5 Å². The van der Waals surface area contributed by atoms with Gasteiger partial charge in [0.2, 0.25) is 11.7 Å². The average molecular weight is 554 g/mol. The van der Waals surface area contributed by atoms with E-state index in [0.29, 0.717) is 0 Å². The molecule has 0 aromatic carbocycles. The minimum Gasteiger partial charge on any atom is -0.352 e. The summed E-state index contributed by atoms with van der Waals surface area (Å²) in [6, 6.07) is 0. The van der Waals surface area contributed by atoms with Gasteiger partial charge in [0, 0.05) is 32.1 Å². The number of amidine groups is 2. The molecule has 0 saturated carbocycles. The Labute approximate surface area is 245 Å². The summed E-state index contributed by atoms with van der Waals surface area (Å²) in [5, 5.41) is 0. The van der Waals surface area contributed by atoms with Gasteiger partial charge in [0.15, 0.2) is 0 Å². The SMILES string of the molecule is C1=[N+](CCN(CCN2CCCC[N+]3=C2CCCC3)CCN2CCCC[N+]3=C2CCCC3)[C-]2CCCCN2CCC1. The van der Waals surface area contributed by atoms with E-state index >= 15 is 0 Å². The Morgan fingerprint density at radius 1 is 0.625 bits per heavy atom. The molecule has 7 heteroatoms. The van der Waals surface area contributed by atoms with Crippen molar-refractivity contribution in [3.8, 4) is 0 Å². The smallest absolute Gasteiger partial charge is 0.246 e. The molecular weight excluding hydrogens is 494 g/mol. The van der Waals surface area contributed by atoms with E-state index in [-0.39, 0.29) is 0 Å². The van der Waals surface area contributed by atoms with Crippen LogP contribution < -0.4 is 0 Å². The summed E-state index contributed by atoms with van der Waals surface area (Å²) >= 11 is 0. The lowest BCUT2D eigenvalue weighted by Gasteiger charge is -2.38. The third-order valence-corrected chi connectivity index (χ3v) is 10.6. The zero-order valence-electron chi connectivity index (χ0n) is 25.7. The summed E-state index contributed by atoms with van der Waals surface area (Å²) < 4.78 is 8.17. The van der Waals surface area contributed by atoms with Gasteiger partial charge in [-0.15, -0.1) is 0 Å². The van der Waals surface area contributed by atoms with E-state index in [1.165, 1.54) is 181 Å². The van der Waals surface area contributed by atoms with Gasteiger partial charge in [-0.2, -0.15) is 0 Å². The van der Waals surface area contributed by atoms with Crippen molar-refractivity contribution in [1.82, 2.24) is 19.6 Å². The first-order chi connectivity index (χ1) is 19.8. The number of hydrogen-bond acceptors (Lipinski definition) is 4. The highest BCUT2D eigenvalue weighted by molar-refractivity contribution is 5.78. The van der Waals surface area contributed by atoms with Gasteiger partial charge in [-0.3, -0.25) is 23.9 Å². The van der Waals surface area contributed by atoms with Gasteiger partial charge in [-0.05, 0) is 90.1 Å². The minimum absolute atomic E-state index is 1.16. The molecule has 0 aliphatic carbocycles. The Bertz CT molecular complexity index is 874. The molecule has 0 aromatic rings. The molecule has 0 spiro atoms. The van der Waals surface area contributed by atoms with Crippen LogP contribution in [0, 0.1) is 6.17 Å². The van der Waals surface area contributed by atoms with Crippen molar-refractivity contribution in [2.24, 2.45) is 0 Å². The van der Waals surface area contributed by atoms with E-state index in [9.17, 15) is 0 Å². The molecule has 0 radical (unpaired) electrons. The molecule has 0 aromatic heterocycles. The number of piperidine rings is 1. The van der Waals surface area contributed by atoms with Gasteiger partial charge in [-0.25, -0.2) is 0 Å². The molecule has 6 aliphatic heterocycles. The van der Waals surface area contributed by atoms with Crippen LogP contribution in [0.5, 0.6) is 0 Å². The largest absolute Gasteiger partial charge is 0.352 e. The standard InChI is InChI=1S/C33H59N7/c1-4-16-35-19-7-10-22-38(31(35)13-1)28-25-34(26-29-39-23-11-8-20-36-17-5-2-14-32(36)39)27-30-40-24-12-9-21-37-18-6-3-15-33(37)40/h22H,1-21,23-30H2/q+2. The first-order valence-corrected chi connectivity index (χ1v) is 17.5. The van der Waals surface area contributed by atoms with Crippen molar-refractivity contribution < 1.29 is 13.7 Å². The van der Waals surface area contributed by atoms with E-state index in [1.54, 1.807) is 17.8 Å². The van der Waals surface area contributed by atoms with Crippen molar-refractivity contribution in [1.29, 1.82) is 0 Å². The molecule has 1 fully saturated rings. The molecule has 0 N–H and O–H groups in total. The van der Waals surface area contributed by atoms with Crippen LogP contribution in [0.15, 0.2) is 0 Å². The number of rotatable bonds is 9. The number of fused-ring (bicyclic) bond motifs is 1. The summed E-state index contributed by atoms with van der Waals surface area (Å²) in [7, 11) is 0. The maximum absolute atomic E-state index is 2.85. The second-order valence-electron chi connectivity index (χ2n) is 13.3. The minimum atomic E-state index is 1.16. The predicted molar refractivity (Wildman–Crippen MR) is 165 cm³/mol. The maximum Gasteiger partial charge on any atom is 0.246 e. The van der Waals surface area contributed by atoms with Crippen molar-refractivity contribution >= 4 is 17.9 Å². The van der Waals surface area contributed by atoms with Crippen LogP contribution in [0.4, 0.5) is 0 Å². The number of nitrogens with zero attached hydrogens (tertiary/aromatic N) is 7. The Morgan fingerprint density at radius 2 is 1.20 bits per heavy atom. The van der Waals surface area contributed by atoms with Crippen LogP contribution in [0.3, 0.4) is 0 Å². The molecule has 6 aliphatic rings. The summed E-state index contributed by atoms with van der Waals surface area (Å²) in [5.74, 6) is 3.36. The first-order valence-electron chi connectivity index (χ1n) is 17.5. The van der Waals surface area contributed by atoms with Crippen LogP contribution in [-0.2, 0) is 0 Å². The van der Waals surface area contributed by atoms with Crippen LogP contribution >= 0.6 is 0 Å².